The predicted molar refractivity (Wildman–Crippen MR) is 64.8 cm³/mol. The van der Waals surface area contributed by atoms with E-state index in [1.165, 1.54) is 0 Å². The van der Waals surface area contributed by atoms with Crippen molar-refractivity contribution in [1.82, 2.24) is 10.2 Å². The highest BCUT2D eigenvalue weighted by atomic mass is 16.4. The number of carbonyl (C=O) groups is 2. The van der Waals surface area contributed by atoms with Crippen LogP contribution in [0.25, 0.3) is 0 Å². The Bertz CT molecular complexity index is 281. The van der Waals surface area contributed by atoms with E-state index in [2.05, 4.69) is 5.32 Å². The standard InChI is InChI=1S/C12H22N2O3/c1-3-8-14(4-2)12(17)13-10-7-5-6-9(10)11(15)16/h9-10H,3-8H2,1-2H3,(H,13,17)(H,15,16). The quantitative estimate of drug-likeness (QED) is 0.770. The molecule has 1 aliphatic rings. The average Bonchev–Trinajstić information content (AvgIpc) is 2.73. The highest BCUT2D eigenvalue weighted by Crippen LogP contribution is 2.25. The summed E-state index contributed by atoms with van der Waals surface area (Å²) in [6.45, 7) is 5.32. The summed E-state index contributed by atoms with van der Waals surface area (Å²) in [7, 11) is 0. The molecule has 1 aliphatic carbocycles. The molecular weight excluding hydrogens is 220 g/mol. The Kier molecular flexibility index (Phi) is 5.25. The lowest BCUT2D eigenvalue weighted by atomic mass is 10.0. The topological polar surface area (TPSA) is 69.6 Å². The van der Waals surface area contributed by atoms with Crippen molar-refractivity contribution in [3.63, 3.8) is 0 Å². The molecule has 0 aromatic carbocycles. The van der Waals surface area contributed by atoms with Crippen molar-refractivity contribution in [3.8, 4) is 0 Å². The molecule has 0 saturated heterocycles. The van der Waals surface area contributed by atoms with Gasteiger partial charge in [0, 0.05) is 19.1 Å². The van der Waals surface area contributed by atoms with Crippen LogP contribution in [0.15, 0.2) is 0 Å². The van der Waals surface area contributed by atoms with E-state index in [1.807, 2.05) is 13.8 Å². The lowest BCUT2D eigenvalue weighted by Gasteiger charge is -2.25. The molecule has 2 N–H and O–H groups in total. The molecule has 1 fully saturated rings. The molecule has 2 unspecified atom stereocenters. The lowest BCUT2D eigenvalue weighted by molar-refractivity contribution is -0.142. The number of carboxylic acids is 1. The second-order valence-corrected chi connectivity index (χ2v) is 4.51. The van der Waals surface area contributed by atoms with Gasteiger partial charge in [-0.1, -0.05) is 13.3 Å². The van der Waals surface area contributed by atoms with Crippen molar-refractivity contribution >= 4 is 12.0 Å². The third-order valence-corrected chi connectivity index (χ3v) is 3.30. The summed E-state index contributed by atoms with van der Waals surface area (Å²) in [6.07, 6.45) is 3.22. The molecule has 98 valence electrons. The normalized spacial score (nSPS) is 23.4. The number of aliphatic carboxylic acids is 1. The minimum Gasteiger partial charge on any atom is -0.481 e. The molecule has 0 bridgehead atoms. The fraction of sp³-hybridized carbons (Fsp3) is 0.833. The number of carbonyl (C=O) groups excluding carboxylic acids is 1. The van der Waals surface area contributed by atoms with Crippen LogP contribution in [0.4, 0.5) is 4.79 Å². The van der Waals surface area contributed by atoms with E-state index < -0.39 is 11.9 Å². The van der Waals surface area contributed by atoms with E-state index >= 15 is 0 Å². The molecule has 0 aromatic rings. The van der Waals surface area contributed by atoms with Crippen LogP contribution >= 0.6 is 0 Å². The molecule has 1 saturated carbocycles. The summed E-state index contributed by atoms with van der Waals surface area (Å²) < 4.78 is 0. The van der Waals surface area contributed by atoms with Crippen LogP contribution in [-0.4, -0.2) is 41.1 Å². The average molecular weight is 242 g/mol. The molecule has 0 aromatic heterocycles. The van der Waals surface area contributed by atoms with Crippen LogP contribution in [0.5, 0.6) is 0 Å². The first-order chi connectivity index (χ1) is 8.10. The highest BCUT2D eigenvalue weighted by molar-refractivity contribution is 5.77. The van der Waals surface area contributed by atoms with Crippen molar-refractivity contribution in [3.05, 3.63) is 0 Å². The molecule has 5 heteroatoms. The first-order valence-corrected chi connectivity index (χ1v) is 6.38. The smallest absolute Gasteiger partial charge is 0.317 e. The molecule has 2 atom stereocenters. The van der Waals surface area contributed by atoms with Crippen LogP contribution < -0.4 is 5.32 Å². The molecule has 17 heavy (non-hydrogen) atoms. The summed E-state index contributed by atoms with van der Waals surface area (Å²) in [6, 6.07) is -0.335. The van der Waals surface area contributed by atoms with Gasteiger partial charge in [-0.05, 0) is 26.2 Å². The van der Waals surface area contributed by atoms with Crippen molar-refractivity contribution in [1.29, 1.82) is 0 Å². The van der Waals surface area contributed by atoms with Gasteiger partial charge in [-0.2, -0.15) is 0 Å². The first kappa shape index (κ1) is 13.8. The van der Waals surface area contributed by atoms with Gasteiger partial charge in [0.05, 0.1) is 5.92 Å². The zero-order valence-corrected chi connectivity index (χ0v) is 10.6. The van der Waals surface area contributed by atoms with Gasteiger partial charge in [0.15, 0.2) is 0 Å². The number of rotatable bonds is 5. The summed E-state index contributed by atoms with van der Waals surface area (Å²) in [5, 5.41) is 11.9. The van der Waals surface area contributed by atoms with Crippen molar-refractivity contribution in [2.75, 3.05) is 13.1 Å². The van der Waals surface area contributed by atoms with Crippen molar-refractivity contribution in [2.24, 2.45) is 5.92 Å². The van der Waals surface area contributed by atoms with Gasteiger partial charge in [-0.15, -0.1) is 0 Å². The second-order valence-electron chi connectivity index (χ2n) is 4.51. The van der Waals surface area contributed by atoms with Crippen molar-refractivity contribution < 1.29 is 14.7 Å². The third kappa shape index (κ3) is 3.61. The molecule has 0 radical (unpaired) electrons. The summed E-state index contributed by atoms with van der Waals surface area (Å²) in [4.78, 5) is 24.6. The van der Waals surface area contributed by atoms with Gasteiger partial charge in [-0.25, -0.2) is 4.79 Å². The largest absolute Gasteiger partial charge is 0.481 e. The van der Waals surface area contributed by atoms with Crippen LogP contribution in [0.3, 0.4) is 0 Å². The van der Waals surface area contributed by atoms with Crippen LogP contribution in [-0.2, 0) is 4.79 Å². The van der Waals surface area contributed by atoms with Gasteiger partial charge in [0.1, 0.15) is 0 Å². The van der Waals surface area contributed by atoms with Gasteiger partial charge < -0.3 is 15.3 Å². The maximum atomic E-state index is 11.9. The molecular formula is C12H22N2O3. The highest BCUT2D eigenvalue weighted by Gasteiger charge is 2.34. The molecule has 0 aliphatic heterocycles. The zero-order chi connectivity index (χ0) is 12.8. The van der Waals surface area contributed by atoms with Crippen molar-refractivity contribution in [2.45, 2.75) is 45.6 Å². The summed E-state index contributed by atoms with van der Waals surface area (Å²) >= 11 is 0. The molecule has 0 spiro atoms. The Morgan fingerprint density at radius 1 is 1.35 bits per heavy atom. The Morgan fingerprint density at radius 3 is 2.59 bits per heavy atom. The second kappa shape index (κ2) is 6.47. The van der Waals surface area contributed by atoms with E-state index in [0.29, 0.717) is 19.5 Å². The van der Waals surface area contributed by atoms with Crippen LogP contribution in [0, 0.1) is 5.92 Å². The SMILES string of the molecule is CCCN(CC)C(=O)NC1CCCC1C(=O)O. The Labute approximate surface area is 102 Å². The third-order valence-electron chi connectivity index (χ3n) is 3.30. The lowest BCUT2D eigenvalue weighted by Crippen LogP contribution is -2.47. The predicted octanol–water partition coefficient (Wildman–Crippen LogP) is 1.68. The molecule has 0 heterocycles. The Balaban J connectivity index is 2.52. The van der Waals surface area contributed by atoms with Crippen LogP contribution in [0.2, 0.25) is 0 Å². The molecule has 1 rings (SSSR count). The number of amides is 2. The minimum atomic E-state index is -0.800. The van der Waals surface area contributed by atoms with E-state index in [4.69, 9.17) is 5.11 Å². The van der Waals surface area contributed by atoms with Gasteiger partial charge in [-0.3, -0.25) is 4.79 Å². The first-order valence-electron chi connectivity index (χ1n) is 6.38. The number of nitrogens with zero attached hydrogens (tertiary/aromatic N) is 1. The maximum absolute atomic E-state index is 11.9. The Hall–Kier alpha value is -1.26. The van der Waals surface area contributed by atoms with Gasteiger partial charge in [0.25, 0.3) is 0 Å². The number of hydrogen-bond acceptors (Lipinski definition) is 2. The van der Waals surface area contributed by atoms with Crippen LogP contribution in [0.1, 0.15) is 39.5 Å². The number of carboxylic acid groups (broad SMARTS) is 1. The Morgan fingerprint density at radius 2 is 2.06 bits per heavy atom. The van der Waals surface area contributed by atoms with E-state index in [9.17, 15) is 9.59 Å². The minimum absolute atomic E-state index is 0.132. The molecule has 2 amide bonds. The van der Waals surface area contributed by atoms with E-state index in [-0.39, 0.29) is 12.1 Å². The summed E-state index contributed by atoms with van der Waals surface area (Å²) in [5.74, 6) is -1.22. The van der Waals surface area contributed by atoms with E-state index in [1.54, 1.807) is 4.90 Å². The monoisotopic (exact) mass is 242 g/mol. The number of urea groups is 1. The number of hydrogen-bond donors (Lipinski definition) is 2. The summed E-state index contributed by atoms with van der Waals surface area (Å²) in [5.41, 5.74) is 0. The van der Waals surface area contributed by atoms with E-state index in [0.717, 1.165) is 19.3 Å². The maximum Gasteiger partial charge on any atom is 0.317 e. The zero-order valence-electron chi connectivity index (χ0n) is 10.6. The van der Waals surface area contributed by atoms with Gasteiger partial charge >= 0.3 is 12.0 Å². The fourth-order valence-corrected chi connectivity index (χ4v) is 2.35. The van der Waals surface area contributed by atoms with Gasteiger partial charge in [0.2, 0.25) is 0 Å². The number of nitrogens with one attached hydrogen (secondary N) is 1. The fourth-order valence-electron chi connectivity index (χ4n) is 2.35. The molecule has 5 nitrogen and oxygen atoms in total.